The van der Waals surface area contributed by atoms with E-state index < -0.39 is 5.97 Å². The van der Waals surface area contributed by atoms with Gasteiger partial charge in [0.2, 0.25) is 5.91 Å². The van der Waals surface area contributed by atoms with Gasteiger partial charge in [0.15, 0.2) is 6.61 Å². The van der Waals surface area contributed by atoms with E-state index in [-0.39, 0.29) is 30.5 Å². The smallest absolute Gasteiger partial charge is 0.344 e. The summed E-state index contributed by atoms with van der Waals surface area (Å²) >= 11 is 0. The topological polar surface area (TPSA) is 55.8 Å². The van der Waals surface area contributed by atoms with E-state index in [4.69, 9.17) is 9.47 Å². The van der Waals surface area contributed by atoms with Gasteiger partial charge >= 0.3 is 5.97 Å². The molecule has 1 unspecified atom stereocenters. The van der Waals surface area contributed by atoms with Crippen molar-refractivity contribution in [2.24, 2.45) is 0 Å². The number of hydrogen-bond donors (Lipinski definition) is 0. The molecule has 1 amide bonds. The zero-order chi connectivity index (χ0) is 19.0. The number of carbonyl (C=O) groups is 2. The second-order valence-electron chi connectivity index (χ2n) is 6.73. The molecule has 25 heavy (non-hydrogen) atoms. The van der Waals surface area contributed by atoms with E-state index in [0.717, 1.165) is 5.56 Å². The molecule has 1 atom stereocenters. The van der Waals surface area contributed by atoms with Crippen LogP contribution in [0.5, 0.6) is 5.75 Å². The number of esters is 1. The third kappa shape index (κ3) is 6.40. The van der Waals surface area contributed by atoms with Crippen LogP contribution in [0.4, 0.5) is 0 Å². The Kier molecular flexibility index (Phi) is 8.46. The highest BCUT2D eigenvalue weighted by Gasteiger charge is 2.23. The van der Waals surface area contributed by atoms with Crippen molar-refractivity contribution in [2.75, 3.05) is 13.2 Å². The average Bonchev–Trinajstić information content (AvgIpc) is 2.52. The number of rotatable bonds is 9. The molecule has 5 heteroatoms. The van der Waals surface area contributed by atoms with E-state index in [0.29, 0.717) is 18.8 Å². The van der Waals surface area contributed by atoms with E-state index in [1.807, 2.05) is 63.8 Å². The number of nitrogens with zero attached hydrogens (tertiary/aromatic N) is 1. The number of hydrogen-bond acceptors (Lipinski definition) is 4. The molecule has 1 aromatic carbocycles. The van der Waals surface area contributed by atoms with Gasteiger partial charge in [0.25, 0.3) is 0 Å². The van der Waals surface area contributed by atoms with Gasteiger partial charge in [-0.2, -0.15) is 0 Å². The van der Waals surface area contributed by atoms with E-state index >= 15 is 0 Å². The van der Waals surface area contributed by atoms with E-state index in [1.54, 1.807) is 6.92 Å². The summed E-state index contributed by atoms with van der Waals surface area (Å²) in [6.07, 6.45) is 0.399. The van der Waals surface area contributed by atoms with Crippen molar-refractivity contribution in [1.29, 1.82) is 0 Å². The Bertz CT molecular complexity index is 561. The minimum atomic E-state index is -0.396. The first kappa shape index (κ1) is 21.0. The lowest BCUT2D eigenvalue weighted by Gasteiger charge is -2.32. The Morgan fingerprint density at radius 2 is 1.64 bits per heavy atom. The fraction of sp³-hybridized carbons (Fsp3) is 0.600. The zero-order valence-electron chi connectivity index (χ0n) is 16.2. The lowest BCUT2D eigenvalue weighted by Crippen LogP contribution is -2.42. The summed E-state index contributed by atoms with van der Waals surface area (Å²) in [6.45, 7) is 12.1. The van der Waals surface area contributed by atoms with Gasteiger partial charge in [0, 0.05) is 18.5 Å². The Balaban J connectivity index is 2.82. The van der Waals surface area contributed by atoms with Crippen molar-refractivity contribution < 1.29 is 19.1 Å². The normalized spacial score (nSPS) is 12.2. The summed E-state index contributed by atoms with van der Waals surface area (Å²) in [5.41, 5.74) is 0.924. The summed E-state index contributed by atoms with van der Waals surface area (Å²) in [6, 6.07) is 7.85. The summed E-state index contributed by atoms with van der Waals surface area (Å²) in [4.78, 5) is 26.1. The highest BCUT2D eigenvalue weighted by molar-refractivity contribution is 5.78. The second-order valence-corrected chi connectivity index (χ2v) is 6.73. The van der Waals surface area contributed by atoms with Crippen molar-refractivity contribution >= 4 is 11.9 Å². The molecule has 0 bridgehead atoms. The van der Waals surface area contributed by atoms with Crippen molar-refractivity contribution in [1.82, 2.24) is 4.90 Å². The molecule has 0 saturated heterocycles. The molecule has 140 valence electrons. The van der Waals surface area contributed by atoms with Gasteiger partial charge in [0.05, 0.1) is 6.61 Å². The molecular weight excluding hydrogens is 318 g/mol. The molecule has 1 rings (SSSR count). The zero-order valence-corrected chi connectivity index (χ0v) is 16.2. The molecule has 0 fully saturated rings. The minimum absolute atomic E-state index is 0.00843. The van der Waals surface area contributed by atoms with Crippen LogP contribution < -0.4 is 4.74 Å². The first-order valence-electron chi connectivity index (χ1n) is 8.96. The predicted molar refractivity (Wildman–Crippen MR) is 98.7 cm³/mol. The lowest BCUT2D eigenvalue weighted by atomic mass is 9.95. The van der Waals surface area contributed by atoms with Crippen molar-refractivity contribution in [3.63, 3.8) is 0 Å². The van der Waals surface area contributed by atoms with Gasteiger partial charge in [0.1, 0.15) is 5.75 Å². The van der Waals surface area contributed by atoms with Crippen LogP contribution in [0.1, 0.15) is 59.4 Å². The van der Waals surface area contributed by atoms with Crippen LogP contribution in [0.2, 0.25) is 0 Å². The molecule has 0 aliphatic rings. The summed E-state index contributed by atoms with van der Waals surface area (Å²) in [5.74, 6) is 0.340. The number of ether oxygens (including phenoxy) is 2. The van der Waals surface area contributed by atoms with Crippen LogP contribution >= 0.6 is 0 Å². The van der Waals surface area contributed by atoms with Gasteiger partial charge in [-0.1, -0.05) is 25.1 Å². The summed E-state index contributed by atoms with van der Waals surface area (Å²) in [7, 11) is 0. The Labute approximate surface area is 151 Å². The first-order chi connectivity index (χ1) is 11.8. The lowest BCUT2D eigenvalue weighted by molar-refractivity contribution is -0.145. The van der Waals surface area contributed by atoms with Crippen LogP contribution in [0.15, 0.2) is 24.3 Å². The highest BCUT2D eigenvalue weighted by Crippen LogP contribution is 2.29. The fourth-order valence-electron chi connectivity index (χ4n) is 3.01. The van der Waals surface area contributed by atoms with Gasteiger partial charge in [-0.25, -0.2) is 4.79 Å². The molecule has 0 aliphatic heterocycles. The standard InChI is InChI=1S/C20H31NO4/c1-7-24-20(23)13-25-18-11-9-8-10-17(18)16(6)12-19(22)21(14(2)3)15(4)5/h8-11,14-16H,7,12-13H2,1-6H3. The van der Waals surface area contributed by atoms with Gasteiger partial charge < -0.3 is 14.4 Å². The minimum Gasteiger partial charge on any atom is -0.482 e. The maximum Gasteiger partial charge on any atom is 0.344 e. The molecular formula is C20H31NO4. The Hall–Kier alpha value is -2.04. The average molecular weight is 349 g/mol. The number of para-hydroxylation sites is 1. The number of benzene rings is 1. The molecule has 0 N–H and O–H groups in total. The van der Waals surface area contributed by atoms with Crippen LogP contribution in [0, 0.1) is 0 Å². The maximum atomic E-state index is 12.7. The predicted octanol–water partition coefficient (Wildman–Crippen LogP) is 3.77. The molecule has 0 radical (unpaired) electrons. The van der Waals surface area contributed by atoms with Crippen LogP contribution in [-0.4, -0.2) is 42.1 Å². The quantitative estimate of drug-likeness (QED) is 0.637. The molecule has 0 spiro atoms. The van der Waals surface area contributed by atoms with Crippen molar-refractivity contribution in [3.8, 4) is 5.75 Å². The second kappa shape index (κ2) is 10.1. The SMILES string of the molecule is CCOC(=O)COc1ccccc1C(C)CC(=O)N(C(C)C)C(C)C. The van der Waals surface area contributed by atoms with Gasteiger partial charge in [-0.15, -0.1) is 0 Å². The largest absolute Gasteiger partial charge is 0.482 e. The van der Waals surface area contributed by atoms with E-state index in [2.05, 4.69) is 0 Å². The number of amides is 1. The Morgan fingerprint density at radius 1 is 1.04 bits per heavy atom. The number of carbonyl (C=O) groups excluding carboxylic acids is 2. The van der Waals surface area contributed by atoms with Crippen molar-refractivity contribution in [3.05, 3.63) is 29.8 Å². The molecule has 0 aromatic heterocycles. The molecule has 0 heterocycles. The molecule has 0 aliphatic carbocycles. The monoisotopic (exact) mass is 349 g/mol. The first-order valence-corrected chi connectivity index (χ1v) is 8.96. The third-order valence-corrected chi connectivity index (χ3v) is 3.98. The molecule has 5 nitrogen and oxygen atoms in total. The maximum absolute atomic E-state index is 12.7. The summed E-state index contributed by atoms with van der Waals surface area (Å²) < 4.78 is 10.5. The van der Waals surface area contributed by atoms with Crippen molar-refractivity contribution in [2.45, 2.75) is 66.0 Å². The van der Waals surface area contributed by atoms with E-state index in [9.17, 15) is 9.59 Å². The van der Waals surface area contributed by atoms with Crippen LogP contribution in [-0.2, 0) is 14.3 Å². The fourth-order valence-corrected chi connectivity index (χ4v) is 3.01. The third-order valence-electron chi connectivity index (χ3n) is 3.98. The molecule has 0 saturated carbocycles. The van der Waals surface area contributed by atoms with Gasteiger partial charge in [-0.3, -0.25) is 4.79 Å². The molecule has 1 aromatic rings. The van der Waals surface area contributed by atoms with Crippen LogP contribution in [0.3, 0.4) is 0 Å². The van der Waals surface area contributed by atoms with E-state index in [1.165, 1.54) is 0 Å². The van der Waals surface area contributed by atoms with Gasteiger partial charge in [-0.05, 0) is 52.2 Å². The highest BCUT2D eigenvalue weighted by atomic mass is 16.6. The Morgan fingerprint density at radius 3 is 2.20 bits per heavy atom. The van der Waals surface area contributed by atoms with Crippen LogP contribution in [0.25, 0.3) is 0 Å². The summed E-state index contributed by atoms with van der Waals surface area (Å²) in [5, 5.41) is 0.